The summed E-state index contributed by atoms with van der Waals surface area (Å²) in [4.78, 5) is 32.4. The van der Waals surface area contributed by atoms with E-state index in [2.05, 4.69) is 0 Å². The molecule has 126 valence electrons. The van der Waals surface area contributed by atoms with E-state index in [1.165, 1.54) is 6.92 Å². The molecule has 0 saturated carbocycles. The molecule has 6 nitrogen and oxygen atoms in total. The van der Waals surface area contributed by atoms with Crippen LogP contribution in [-0.2, 0) is 26.0 Å². The molecule has 0 fully saturated rings. The number of fused-ring (bicyclic) bond motifs is 1. The van der Waals surface area contributed by atoms with Crippen LogP contribution >= 0.6 is 0 Å². The van der Waals surface area contributed by atoms with Gasteiger partial charge in [-0.2, -0.15) is 4.89 Å². The van der Waals surface area contributed by atoms with Gasteiger partial charge in [0.25, 0.3) is 0 Å². The summed E-state index contributed by atoms with van der Waals surface area (Å²) in [5, 5.41) is 19.9. The highest BCUT2D eigenvalue weighted by atomic mass is 17.2. The summed E-state index contributed by atoms with van der Waals surface area (Å²) in [6, 6.07) is 13.4. The maximum Gasteiger partial charge on any atom is 0.369 e. The van der Waals surface area contributed by atoms with Crippen molar-refractivity contribution in [1.82, 2.24) is 0 Å². The monoisotopic (exact) mass is 330 g/mol. The predicted octanol–water partition coefficient (Wildman–Crippen LogP) is 2.45. The van der Waals surface area contributed by atoms with Crippen LogP contribution in [0.4, 0.5) is 0 Å². The number of aliphatic carboxylic acids is 1. The molecule has 0 saturated heterocycles. The van der Waals surface area contributed by atoms with Crippen molar-refractivity contribution in [3.8, 4) is 0 Å². The Morgan fingerprint density at radius 1 is 1.17 bits per heavy atom. The molecule has 2 aromatic rings. The summed E-state index contributed by atoms with van der Waals surface area (Å²) < 4.78 is 0. The lowest BCUT2D eigenvalue weighted by Crippen LogP contribution is -2.18. The number of carbonyl (C=O) groups is 2. The van der Waals surface area contributed by atoms with Crippen LogP contribution in [0.25, 0.3) is 10.8 Å². The van der Waals surface area contributed by atoms with E-state index in [4.69, 9.17) is 20.0 Å². The van der Waals surface area contributed by atoms with Gasteiger partial charge in [-0.05, 0) is 16.3 Å². The van der Waals surface area contributed by atoms with Crippen molar-refractivity contribution in [2.75, 3.05) is 6.61 Å². The predicted molar refractivity (Wildman–Crippen MR) is 86.8 cm³/mol. The summed E-state index contributed by atoms with van der Waals surface area (Å²) in [6.45, 7) is 1.17. The second-order valence-electron chi connectivity index (χ2n) is 5.29. The first-order chi connectivity index (χ1) is 11.5. The molecule has 0 heterocycles. The number of carboxylic acid groups (broad SMARTS) is 1. The van der Waals surface area contributed by atoms with Gasteiger partial charge >= 0.3 is 11.9 Å². The van der Waals surface area contributed by atoms with Crippen molar-refractivity contribution in [2.45, 2.75) is 13.5 Å². The Bertz CT molecular complexity index is 760. The first kappa shape index (κ1) is 17.7. The number of benzene rings is 2. The van der Waals surface area contributed by atoms with E-state index in [9.17, 15) is 9.59 Å². The number of rotatable bonds is 7. The summed E-state index contributed by atoms with van der Waals surface area (Å²) in [7, 11) is 0. The Morgan fingerprint density at radius 2 is 1.88 bits per heavy atom. The molecule has 24 heavy (non-hydrogen) atoms. The van der Waals surface area contributed by atoms with E-state index in [0.717, 1.165) is 16.3 Å². The Labute approximate surface area is 138 Å². The van der Waals surface area contributed by atoms with Crippen molar-refractivity contribution in [3.63, 3.8) is 0 Å². The van der Waals surface area contributed by atoms with Gasteiger partial charge in [-0.1, -0.05) is 49.4 Å². The van der Waals surface area contributed by atoms with Crippen LogP contribution in [0.15, 0.2) is 54.1 Å². The molecule has 0 amide bonds. The Morgan fingerprint density at radius 3 is 2.58 bits per heavy atom. The maximum atomic E-state index is 11.9. The third-order valence-corrected chi connectivity index (χ3v) is 3.55. The molecule has 0 aliphatic rings. The average Bonchev–Trinajstić information content (AvgIpc) is 2.59. The Balaban J connectivity index is 2.04. The van der Waals surface area contributed by atoms with Crippen LogP contribution in [0, 0.1) is 5.92 Å². The minimum Gasteiger partial charge on any atom is -0.478 e. The fraction of sp³-hybridized carbons (Fsp3) is 0.222. The molecule has 2 aromatic carbocycles. The standard InChI is InChI=1S/C18H18O6/c1-12(10-19)16(9-17(20)21)18(22)24-23-11-14-7-4-6-13-5-2-3-8-15(13)14/h2-9,12,19H,10-11H2,1H3,(H,20,21)/b16-9-. The largest absolute Gasteiger partial charge is 0.478 e. The molecule has 1 atom stereocenters. The Kier molecular flexibility index (Phi) is 6.06. The van der Waals surface area contributed by atoms with Crippen LogP contribution < -0.4 is 0 Å². The molecular weight excluding hydrogens is 312 g/mol. The molecule has 0 aliphatic heterocycles. The number of hydrogen-bond acceptors (Lipinski definition) is 5. The lowest BCUT2D eigenvalue weighted by Gasteiger charge is -2.12. The first-order valence-electron chi connectivity index (χ1n) is 7.38. The van der Waals surface area contributed by atoms with Crippen molar-refractivity contribution >= 4 is 22.7 Å². The number of carboxylic acids is 1. The second-order valence-corrected chi connectivity index (χ2v) is 5.29. The van der Waals surface area contributed by atoms with Crippen molar-refractivity contribution in [2.24, 2.45) is 5.92 Å². The van der Waals surface area contributed by atoms with Crippen LogP contribution in [0.3, 0.4) is 0 Å². The summed E-state index contributed by atoms with van der Waals surface area (Å²) in [6.07, 6.45) is 0.713. The average molecular weight is 330 g/mol. The zero-order valence-electron chi connectivity index (χ0n) is 13.1. The molecule has 0 aliphatic carbocycles. The third kappa shape index (κ3) is 4.41. The van der Waals surface area contributed by atoms with Gasteiger partial charge in [-0.25, -0.2) is 9.59 Å². The van der Waals surface area contributed by atoms with Crippen molar-refractivity contribution in [1.29, 1.82) is 0 Å². The summed E-state index contributed by atoms with van der Waals surface area (Å²) in [5.41, 5.74) is 0.669. The van der Waals surface area contributed by atoms with E-state index in [1.807, 2.05) is 42.5 Å². The lowest BCUT2D eigenvalue weighted by molar-refractivity contribution is -0.276. The van der Waals surface area contributed by atoms with E-state index in [0.29, 0.717) is 6.08 Å². The van der Waals surface area contributed by atoms with Gasteiger partial charge in [-0.3, -0.25) is 4.89 Å². The van der Waals surface area contributed by atoms with E-state index in [-0.39, 0.29) is 18.8 Å². The molecule has 0 radical (unpaired) electrons. The Hall–Kier alpha value is -2.70. The van der Waals surface area contributed by atoms with Crippen LogP contribution in [-0.4, -0.2) is 28.8 Å². The highest BCUT2D eigenvalue weighted by molar-refractivity contribution is 5.95. The number of aliphatic hydroxyl groups excluding tert-OH is 1. The molecule has 2 N–H and O–H groups in total. The number of hydrogen-bond donors (Lipinski definition) is 2. The van der Waals surface area contributed by atoms with E-state index < -0.39 is 17.9 Å². The molecule has 0 aromatic heterocycles. The molecule has 2 rings (SSSR count). The van der Waals surface area contributed by atoms with Gasteiger partial charge in [0.05, 0.1) is 5.57 Å². The summed E-state index contributed by atoms with van der Waals surface area (Å²) in [5.74, 6) is -2.90. The molecule has 0 spiro atoms. The van der Waals surface area contributed by atoms with Gasteiger partial charge < -0.3 is 10.2 Å². The zero-order valence-corrected chi connectivity index (χ0v) is 13.1. The topological polar surface area (TPSA) is 93.1 Å². The minimum atomic E-state index is -1.30. The molecule has 6 heteroatoms. The highest BCUT2D eigenvalue weighted by Crippen LogP contribution is 2.19. The molecular formula is C18H18O6. The highest BCUT2D eigenvalue weighted by Gasteiger charge is 2.20. The van der Waals surface area contributed by atoms with Crippen molar-refractivity contribution < 1.29 is 29.6 Å². The first-order valence-corrected chi connectivity index (χ1v) is 7.38. The fourth-order valence-corrected chi connectivity index (χ4v) is 2.25. The van der Waals surface area contributed by atoms with Crippen LogP contribution in [0.2, 0.25) is 0 Å². The van der Waals surface area contributed by atoms with Gasteiger partial charge in [0.15, 0.2) is 0 Å². The summed E-state index contributed by atoms with van der Waals surface area (Å²) >= 11 is 0. The zero-order chi connectivity index (χ0) is 17.5. The maximum absolute atomic E-state index is 11.9. The number of aliphatic hydroxyl groups is 1. The smallest absolute Gasteiger partial charge is 0.369 e. The van der Waals surface area contributed by atoms with E-state index >= 15 is 0 Å². The normalized spacial score (nSPS) is 12.8. The SMILES string of the molecule is CC(CO)/C(=C/C(=O)O)C(=O)OOCc1cccc2ccccc12. The molecule has 0 bridgehead atoms. The third-order valence-electron chi connectivity index (χ3n) is 3.55. The quantitative estimate of drug-likeness (QED) is 0.460. The van der Waals surface area contributed by atoms with Gasteiger partial charge in [0.2, 0.25) is 0 Å². The van der Waals surface area contributed by atoms with Gasteiger partial charge in [-0.15, -0.1) is 0 Å². The van der Waals surface area contributed by atoms with Crippen LogP contribution in [0.1, 0.15) is 12.5 Å². The minimum absolute atomic E-state index is 0.0287. The second kappa shape index (κ2) is 8.24. The lowest BCUT2D eigenvalue weighted by atomic mass is 10.0. The number of carbonyl (C=O) groups excluding carboxylic acids is 1. The van der Waals surface area contributed by atoms with Gasteiger partial charge in [0.1, 0.15) is 6.61 Å². The fourth-order valence-electron chi connectivity index (χ4n) is 2.25. The molecule has 1 unspecified atom stereocenters. The van der Waals surface area contributed by atoms with Crippen LogP contribution in [0.5, 0.6) is 0 Å². The van der Waals surface area contributed by atoms with E-state index in [1.54, 1.807) is 0 Å². The van der Waals surface area contributed by atoms with Gasteiger partial charge in [0, 0.05) is 18.6 Å². The van der Waals surface area contributed by atoms with Crippen molar-refractivity contribution in [3.05, 3.63) is 59.7 Å².